The van der Waals surface area contributed by atoms with Gasteiger partial charge in [-0.3, -0.25) is 9.69 Å². The number of thioether (sulfide) groups is 1. The minimum absolute atomic E-state index is 0.0173. The number of amides is 1. The van der Waals surface area contributed by atoms with Crippen molar-refractivity contribution >= 4 is 17.7 Å². The van der Waals surface area contributed by atoms with Gasteiger partial charge in [0.25, 0.3) is 5.91 Å². The van der Waals surface area contributed by atoms with Gasteiger partial charge < -0.3 is 4.90 Å². The average Bonchev–Trinajstić information content (AvgIpc) is 2.62. The van der Waals surface area contributed by atoms with Gasteiger partial charge in [-0.2, -0.15) is 0 Å². The van der Waals surface area contributed by atoms with Gasteiger partial charge in [-0.1, -0.05) is 48.5 Å². The molecule has 2 heterocycles. The molecule has 26 heavy (non-hydrogen) atoms. The van der Waals surface area contributed by atoms with Gasteiger partial charge in [0.1, 0.15) is 5.69 Å². The third kappa shape index (κ3) is 4.83. The van der Waals surface area contributed by atoms with Crippen molar-refractivity contribution in [1.29, 1.82) is 0 Å². The number of rotatable bonds is 5. The summed E-state index contributed by atoms with van der Waals surface area (Å²) in [7, 11) is 0. The molecule has 1 saturated heterocycles. The standard InChI is InChI=1S/C20H26N4OS/c1-4-26-20-21-16(3)13-18(22-20)19(25)24-10-8-23(9-11-24)14-17-7-5-6-15(2)12-17/h5-7,12-13H,4,8-11,14H2,1-3H3. The number of nitrogens with zero attached hydrogens (tertiary/aromatic N) is 4. The quantitative estimate of drug-likeness (QED) is 0.598. The van der Waals surface area contributed by atoms with Crippen LogP contribution < -0.4 is 0 Å². The first-order valence-corrected chi connectivity index (χ1v) is 10.1. The SMILES string of the molecule is CCSc1nc(C)cc(C(=O)N2CCN(Cc3cccc(C)c3)CC2)n1. The lowest BCUT2D eigenvalue weighted by molar-refractivity contribution is 0.0621. The second-order valence-electron chi connectivity index (χ2n) is 6.67. The molecule has 1 aliphatic heterocycles. The van der Waals surface area contributed by atoms with Crippen LogP contribution in [-0.2, 0) is 6.54 Å². The van der Waals surface area contributed by atoms with Gasteiger partial charge >= 0.3 is 0 Å². The van der Waals surface area contributed by atoms with Gasteiger partial charge in [-0.25, -0.2) is 9.97 Å². The molecule has 0 aliphatic carbocycles. The summed E-state index contributed by atoms with van der Waals surface area (Å²) >= 11 is 1.57. The Morgan fingerprint density at radius 3 is 2.58 bits per heavy atom. The zero-order chi connectivity index (χ0) is 18.5. The Hall–Kier alpha value is -1.92. The van der Waals surface area contributed by atoms with Crippen molar-refractivity contribution in [3.05, 3.63) is 52.8 Å². The van der Waals surface area contributed by atoms with Gasteiger partial charge in [0, 0.05) is 38.4 Å². The van der Waals surface area contributed by atoms with E-state index in [0.717, 1.165) is 44.2 Å². The molecule has 1 aromatic carbocycles. The van der Waals surface area contributed by atoms with E-state index in [1.165, 1.54) is 11.1 Å². The summed E-state index contributed by atoms with van der Waals surface area (Å²) in [5, 5.41) is 0.689. The van der Waals surface area contributed by atoms with Gasteiger partial charge in [0.05, 0.1) is 0 Å². The van der Waals surface area contributed by atoms with Crippen molar-refractivity contribution in [2.75, 3.05) is 31.9 Å². The molecule has 3 rings (SSSR count). The van der Waals surface area contributed by atoms with Crippen molar-refractivity contribution in [2.24, 2.45) is 0 Å². The molecular formula is C20H26N4OS. The fourth-order valence-electron chi connectivity index (χ4n) is 3.18. The second kappa shape index (κ2) is 8.64. The first kappa shape index (κ1) is 18.9. The minimum Gasteiger partial charge on any atom is -0.335 e. The van der Waals surface area contributed by atoms with Crippen molar-refractivity contribution in [3.8, 4) is 0 Å². The highest BCUT2D eigenvalue weighted by atomic mass is 32.2. The zero-order valence-corrected chi connectivity index (χ0v) is 16.6. The van der Waals surface area contributed by atoms with Crippen molar-refractivity contribution in [3.63, 3.8) is 0 Å². The third-order valence-electron chi connectivity index (χ3n) is 4.47. The van der Waals surface area contributed by atoms with Crippen LogP contribution in [0.25, 0.3) is 0 Å². The molecule has 0 bridgehead atoms. The number of aryl methyl sites for hydroxylation is 2. The van der Waals surface area contributed by atoms with E-state index in [2.05, 4.69) is 53.0 Å². The van der Waals surface area contributed by atoms with Crippen LogP contribution >= 0.6 is 11.8 Å². The summed E-state index contributed by atoms with van der Waals surface area (Å²) < 4.78 is 0. The maximum Gasteiger partial charge on any atom is 0.272 e. The Kier molecular flexibility index (Phi) is 6.27. The smallest absolute Gasteiger partial charge is 0.272 e. The largest absolute Gasteiger partial charge is 0.335 e. The van der Waals surface area contributed by atoms with Crippen LogP contribution in [0.2, 0.25) is 0 Å². The van der Waals surface area contributed by atoms with E-state index in [0.29, 0.717) is 10.9 Å². The maximum absolute atomic E-state index is 12.8. The highest BCUT2D eigenvalue weighted by Crippen LogP contribution is 2.16. The number of hydrogen-bond donors (Lipinski definition) is 0. The fourth-order valence-corrected chi connectivity index (χ4v) is 3.81. The van der Waals surface area contributed by atoms with Crippen molar-refractivity contribution < 1.29 is 4.79 Å². The van der Waals surface area contributed by atoms with Crippen LogP contribution in [0.5, 0.6) is 0 Å². The lowest BCUT2D eigenvalue weighted by atomic mass is 10.1. The Balaban J connectivity index is 1.60. The van der Waals surface area contributed by atoms with Gasteiger partial charge in [-0.05, 0) is 31.2 Å². The molecule has 0 radical (unpaired) electrons. The molecule has 0 spiro atoms. The van der Waals surface area contributed by atoms with Crippen molar-refractivity contribution in [1.82, 2.24) is 19.8 Å². The zero-order valence-electron chi connectivity index (χ0n) is 15.7. The second-order valence-corrected chi connectivity index (χ2v) is 7.90. The van der Waals surface area contributed by atoms with E-state index in [-0.39, 0.29) is 5.91 Å². The molecule has 1 fully saturated rings. The Morgan fingerprint density at radius 2 is 1.88 bits per heavy atom. The molecule has 2 aromatic rings. The molecule has 5 nitrogen and oxygen atoms in total. The summed E-state index contributed by atoms with van der Waals surface area (Å²) in [5.41, 5.74) is 3.98. The van der Waals surface area contributed by atoms with Gasteiger partial charge in [-0.15, -0.1) is 0 Å². The predicted molar refractivity (Wildman–Crippen MR) is 106 cm³/mol. The van der Waals surface area contributed by atoms with Crippen LogP contribution in [0, 0.1) is 13.8 Å². The van der Waals surface area contributed by atoms with Gasteiger partial charge in [0.15, 0.2) is 5.16 Å². The number of benzene rings is 1. The van der Waals surface area contributed by atoms with E-state index in [1.807, 2.05) is 11.8 Å². The van der Waals surface area contributed by atoms with E-state index < -0.39 is 0 Å². The lowest BCUT2D eigenvalue weighted by Gasteiger charge is -2.34. The first-order chi connectivity index (χ1) is 12.5. The molecule has 1 amide bonds. The van der Waals surface area contributed by atoms with Crippen LogP contribution in [0.1, 0.15) is 34.2 Å². The number of piperazine rings is 1. The van der Waals surface area contributed by atoms with E-state index in [1.54, 1.807) is 17.8 Å². The molecular weight excluding hydrogens is 344 g/mol. The van der Waals surface area contributed by atoms with Crippen LogP contribution in [0.4, 0.5) is 0 Å². The van der Waals surface area contributed by atoms with Crippen molar-refractivity contribution in [2.45, 2.75) is 32.5 Å². The number of hydrogen-bond acceptors (Lipinski definition) is 5. The normalized spacial score (nSPS) is 15.3. The summed E-state index contributed by atoms with van der Waals surface area (Å²) in [6.45, 7) is 10.3. The molecule has 1 aromatic heterocycles. The first-order valence-electron chi connectivity index (χ1n) is 9.11. The summed E-state index contributed by atoms with van der Waals surface area (Å²) in [6.07, 6.45) is 0. The topological polar surface area (TPSA) is 49.3 Å². The fraction of sp³-hybridized carbons (Fsp3) is 0.450. The van der Waals surface area contributed by atoms with E-state index >= 15 is 0 Å². The van der Waals surface area contributed by atoms with Gasteiger partial charge in [0.2, 0.25) is 0 Å². The third-order valence-corrected chi connectivity index (χ3v) is 5.20. The van der Waals surface area contributed by atoms with Crippen LogP contribution in [-0.4, -0.2) is 57.6 Å². The lowest BCUT2D eigenvalue weighted by Crippen LogP contribution is -2.48. The molecule has 0 unspecified atom stereocenters. The Morgan fingerprint density at radius 1 is 1.12 bits per heavy atom. The molecule has 0 saturated carbocycles. The highest BCUT2D eigenvalue weighted by molar-refractivity contribution is 7.99. The summed E-state index contributed by atoms with van der Waals surface area (Å²) in [5.74, 6) is 0.915. The van der Waals surface area contributed by atoms with E-state index in [9.17, 15) is 4.79 Å². The minimum atomic E-state index is 0.0173. The Bertz CT molecular complexity index is 772. The molecule has 0 atom stereocenters. The molecule has 138 valence electrons. The molecule has 0 N–H and O–H groups in total. The molecule has 1 aliphatic rings. The summed E-state index contributed by atoms with van der Waals surface area (Å²) in [6, 6.07) is 10.4. The molecule has 6 heteroatoms. The average molecular weight is 371 g/mol. The number of aromatic nitrogens is 2. The Labute approximate surface area is 159 Å². The van der Waals surface area contributed by atoms with Crippen LogP contribution in [0.15, 0.2) is 35.5 Å². The summed E-state index contributed by atoms with van der Waals surface area (Å²) in [4.78, 5) is 26.0. The highest BCUT2D eigenvalue weighted by Gasteiger charge is 2.23. The van der Waals surface area contributed by atoms with E-state index in [4.69, 9.17) is 0 Å². The predicted octanol–water partition coefficient (Wildman–Crippen LogP) is 3.16. The number of carbonyl (C=O) groups is 1. The maximum atomic E-state index is 12.8. The van der Waals surface area contributed by atoms with Crippen LogP contribution in [0.3, 0.4) is 0 Å². The number of carbonyl (C=O) groups excluding carboxylic acids is 1. The monoisotopic (exact) mass is 370 g/mol.